The molecule has 2 N–H and O–H groups in total. The second-order valence-electron chi connectivity index (χ2n) is 4.07. The van der Waals surface area contributed by atoms with Crippen LogP contribution in [0.15, 0.2) is 9.63 Å². The van der Waals surface area contributed by atoms with Crippen molar-refractivity contribution in [3.63, 3.8) is 0 Å². The molecule has 0 bridgehead atoms. The quantitative estimate of drug-likeness (QED) is 0.805. The average molecular weight is 324 g/mol. The van der Waals surface area contributed by atoms with Gasteiger partial charge in [-0.3, -0.25) is 0 Å². The van der Waals surface area contributed by atoms with E-state index in [4.69, 9.17) is 5.73 Å². The molecule has 17 heavy (non-hydrogen) atoms. The zero-order chi connectivity index (χ0) is 12.6. The van der Waals surface area contributed by atoms with Gasteiger partial charge in [0.05, 0.1) is 0 Å². The van der Waals surface area contributed by atoms with E-state index in [1.54, 1.807) is 7.05 Å². The van der Waals surface area contributed by atoms with E-state index in [0.717, 1.165) is 12.8 Å². The summed E-state index contributed by atoms with van der Waals surface area (Å²) < 4.78 is 27.6. The van der Waals surface area contributed by atoms with Crippen molar-refractivity contribution >= 4 is 26.0 Å². The van der Waals surface area contributed by atoms with Crippen LogP contribution in [0.3, 0.4) is 0 Å². The summed E-state index contributed by atoms with van der Waals surface area (Å²) >= 11 is 3.10. The number of sulfonamides is 1. The number of hydrogen-bond acceptors (Lipinski definition) is 5. The molecule has 1 atom stereocenters. The summed E-state index contributed by atoms with van der Waals surface area (Å²) in [7, 11) is -2.02. The third kappa shape index (κ3) is 2.37. The fraction of sp³-hybridized carbons (Fsp3) is 0.750. The number of aromatic nitrogens is 3. The largest absolute Gasteiger partial charge is 0.327 e. The molecule has 1 aromatic rings. The summed E-state index contributed by atoms with van der Waals surface area (Å²) in [5.74, 6) is 0. The van der Waals surface area contributed by atoms with E-state index in [-0.39, 0.29) is 15.7 Å². The number of aryl methyl sites for hydroxylation is 1. The van der Waals surface area contributed by atoms with Crippen LogP contribution in [0.25, 0.3) is 0 Å². The summed E-state index contributed by atoms with van der Waals surface area (Å²) in [6.07, 6.45) is 1.64. The summed E-state index contributed by atoms with van der Waals surface area (Å²) in [6, 6.07) is -0.0986. The van der Waals surface area contributed by atoms with Crippen LogP contribution in [0.5, 0.6) is 0 Å². The Balaban J connectivity index is 2.36. The first-order chi connectivity index (χ1) is 7.93. The Bertz CT molecular complexity index is 494. The fourth-order valence-corrected chi connectivity index (χ4v) is 4.48. The number of rotatable bonds is 2. The normalized spacial score (nSPS) is 22.9. The number of nitrogens with zero attached hydrogens (tertiary/aromatic N) is 4. The first-order valence-corrected chi connectivity index (χ1v) is 7.47. The highest BCUT2D eigenvalue weighted by molar-refractivity contribution is 9.10. The van der Waals surface area contributed by atoms with Gasteiger partial charge in [0.25, 0.3) is 10.0 Å². The molecule has 1 saturated heterocycles. The number of nitrogens with two attached hydrogens (primary N) is 1. The fourth-order valence-electron chi connectivity index (χ4n) is 1.91. The maximum absolute atomic E-state index is 12.4. The second-order valence-corrected chi connectivity index (χ2v) is 6.68. The lowest BCUT2D eigenvalue weighted by molar-refractivity contribution is 0.314. The van der Waals surface area contributed by atoms with Crippen LogP contribution in [-0.4, -0.2) is 46.8 Å². The van der Waals surface area contributed by atoms with Gasteiger partial charge in [-0.1, -0.05) is 5.21 Å². The van der Waals surface area contributed by atoms with Gasteiger partial charge in [0.15, 0.2) is 4.60 Å². The zero-order valence-electron chi connectivity index (χ0n) is 9.37. The molecule has 1 aromatic heterocycles. The van der Waals surface area contributed by atoms with Crippen molar-refractivity contribution in [1.29, 1.82) is 0 Å². The van der Waals surface area contributed by atoms with Gasteiger partial charge in [0, 0.05) is 26.2 Å². The van der Waals surface area contributed by atoms with Gasteiger partial charge >= 0.3 is 0 Å². The molecule has 2 heterocycles. The summed E-state index contributed by atoms with van der Waals surface area (Å²) in [4.78, 5) is 0. The van der Waals surface area contributed by atoms with E-state index in [0.29, 0.717) is 13.1 Å². The Hall–Kier alpha value is -0.510. The van der Waals surface area contributed by atoms with Gasteiger partial charge in [0.1, 0.15) is 0 Å². The molecule has 0 aromatic carbocycles. The van der Waals surface area contributed by atoms with E-state index >= 15 is 0 Å². The van der Waals surface area contributed by atoms with Crippen molar-refractivity contribution in [3.8, 4) is 0 Å². The van der Waals surface area contributed by atoms with E-state index in [1.807, 2.05) is 0 Å². The van der Waals surface area contributed by atoms with Gasteiger partial charge in [-0.25, -0.2) is 13.1 Å². The van der Waals surface area contributed by atoms with Crippen LogP contribution in [0.2, 0.25) is 0 Å². The molecule has 0 spiro atoms. The van der Waals surface area contributed by atoms with Crippen LogP contribution in [-0.2, 0) is 17.1 Å². The minimum Gasteiger partial charge on any atom is -0.327 e. The van der Waals surface area contributed by atoms with Crippen molar-refractivity contribution in [2.75, 3.05) is 13.1 Å². The van der Waals surface area contributed by atoms with Crippen LogP contribution in [0.1, 0.15) is 12.8 Å². The molecule has 1 fully saturated rings. The molecule has 0 unspecified atom stereocenters. The SMILES string of the molecule is Cn1nnc(Br)c1S(=O)(=O)N1CCC[C@@H](N)C1. The minimum absolute atomic E-state index is 0.0756. The van der Waals surface area contributed by atoms with Crippen LogP contribution < -0.4 is 5.73 Å². The Kier molecular flexibility index (Phi) is 3.53. The lowest BCUT2D eigenvalue weighted by Crippen LogP contribution is -2.46. The summed E-state index contributed by atoms with van der Waals surface area (Å²) in [5.41, 5.74) is 5.80. The van der Waals surface area contributed by atoms with Crippen molar-refractivity contribution in [1.82, 2.24) is 19.3 Å². The van der Waals surface area contributed by atoms with Crippen molar-refractivity contribution in [2.45, 2.75) is 23.9 Å². The molecular weight excluding hydrogens is 310 g/mol. The van der Waals surface area contributed by atoms with Gasteiger partial charge in [-0.2, -0.15) is 4.31 Å². The molecule has 96 valence electrons. The maximum atomic E-state index is 12.4. The molecule has 0 amide bonds. The molecule has 0 aliphatic carbocycles. The lowest BCUT2D eigenvalue weighted by Gasteiger charge is -2.29. The van der Waals surface area contributed by atoms with Gasteiger partial charge < -0.3 is 5.73 Å². The Morgan fingerprint density at radius 1 is 1.53 bits per heavy atom. The van der Waals surface area contributed by atoms with Crippen molar-refractivity contribution in [2.24, 2.45) is 12.8 Å². The van der Waals surface area contributed by atoms with Crippen LogP contribution in [0.4, 0.5) is 0 Å². The summed E-state index contributed by atoms with van der Waals surface area (Å²) in [5, 5.41) is 7.44. The van der Waals surface area contributed by atoms with E-state index in [9.17, 15) is 8.42 Å². The van der Waals surface area contributed by atoms with Gasteiger partial charge in [0.2, 0.25) is 5.03 Å². The summed E-state index contributed by atoms with van der Waals surface area (Å²) in [6.45, 7) is 0.841. The molecular formula is C8H14BrN5O2S. The highest BCUT2D eigenvalue weighted by Crippen LogP contribution is 2.24. The maximum Gasteiger partial charge on any atom is 0.263 e. The number of halogens is 1. The lowest BCUT2D eigenvalue weighted by atomic mass is 10.1. The molecule has 7 nitrogen and oxygen atoms in total. The van der Waals surface area contributed by atoms with Crippen molar-refractivity contribution in [3.05, 3.63) is 4.60 Å². The van der Waals surface area contributed by atoms with E-state index in [1.165, 1.54) is 8.99 Å². The van der Waals surface area contributed by atoms with Crippen molar-refractivity contribution < 1.29 is 8.42 Å². The first-order valence-electron chi connectivity index (χ1n) is 5.24. The smallest absolute Gasteiger partial charge is 0.263 e. The third-order valence-electron chi connectivity index (χ3n) is 2.74. The highest BCUT2D eigenvalue weighted by atomic mass is 79.9. The second kappa shape index (κ2) is 4.63. The highest BCUT2D eigenvalue weighted by Gasteiger charge is 2.33. The van der Waals surface area contributed by atoms with Crippen LogP contribution in [0, 0.1) is 0 Å². The monoisotopic (exact) mass is 323 g/mol. The molecule has 2 rings (SSSR count). The first kappa shape index (κ1) is 12.9. The van der Waals surface area contributed by atoms with E-state index in [2.05, 4.69) is 26.2 Å². The molecule has 1 aliphatic heterocycles. The molecule has 9 heteroatoms. The van der Waals surface area contributed by atoms with Gasteiger partial charge in [-0.05, 0) is 28.8 Å². The zero-order valence-corrected chi connectivity index (χ0v) is 11.8. The molecule has 1 aliphatic rings. The Morgan fingerprint density at radius 2 is 2.24 bits per heavy atom. The predicted octanol–water partition coefficient (Wildman–Crippen LogP) is -0.311. The Morgan fingerprint density at radius 3 is 2.76 bits per heavy atom. The topological polar surface area (TPSA) is 94.1 Å². The van der Waals surface area contributed by atoms with Gasteiger partial charge in [-0.15, -0.1) is 5.10 Å². The standard InChI is InChI=1S/C8H14BrN5O2S/c1-13-8(7(9)11-12-13)17(15,16)14-4-2-3-6(10)5-14/h6H,2-5,10H2,1H3/t6-/m1/s1. The number of piperidine rings is 1. The van der Waals surface area contributed by atoms with E-state index < -0.39 is 10.0 Å². The number of hydrogen-bond donors (Lipinski definition) is 1. The average Bonchev–Trinajstić information content (AvgIpc) is 2.59. The molecule has 0 saturated carbocycles. The van der Waals surface area contributed by atoms with Crippen LogP contribution >= 0.6 is 15.9 Å². The molecule has 0 radical (unpaired) electrons. The predicted molar refractivity (Wildman–Crippen MR) is 64.7 cm³/mol. The Labute approximate surface area is 108 Å². The third-order valence-corrected chi connectivity index (χ3v) is 5.50. The minimum atomic E-state index is -3.57.